The van der Waals surface area contributed by atoms with Crippen molar-refractivity contribution < 1.29 is 13.6 Å². The molecule has 0 radical (unpaired) electrons. The summed E-state index contributed by atoms with van der Waals surface area (Å²) in [6.45, 7) is 3.53. The van der Waals surface area contributed by atoms with E-state index in [4.69, 9.17) is 0 Å². The normalized spacial score (nSPS) is 21.7. The fourth-order valence-corrected chi connectivity index (χ4v) is 4.54. The number of carbonyl (C=O) groups excluding carboxylic acids is 1. The minimum Gasteiger partial charge on any atom is -0.342 e. The van der Waals surface area contributed by atoms with Crippen molar-refractivity contribution in [1.29, 1.82) is 0 Å². The lowest BCUT2D eigenvalue weighted by Crippen LogP contribution is -2.43. The summed E-state index contributed by atoms with van der Waals surface area (Å²) >= 11 is 0. The van der Waals surface area contributed by atoms with E-state index in [1.807, 2.05) is 4.90 Å². The molecule has 0 atom stereocenters. The van der Waals surface area contributed by atoms with Crippen LogP contribution in [0, 0.1) is 5.92 Å². The van der Waals surface area contributed by atoms with Crippen molar-refractivity contribution in [2.75, 3.05) is 13.1 Å². The van der Waals surface area contributed by atoms with Crippen molar-refractivity contribution in [1.82, 2.24) is 15.1 Å². The van der Waals surface area contributed by atoms with E-state index in [-0.39, 0.29) is 24.7 Å². The highest BCUT2D eigenvalue weighted by molar-refractivity contribution is 5.83. The molecule has 1 aromatic carbocycles. The maximum absolute atomic E-state index is 13.3. The van der Waals surface area contributed by atoms with Gasteiger partial charge < -0.3 is 4.90 Å². The van der Waals surface area contributed by atoms with Gasteiger partial charge in [-0.05, 0) is 43.7 Å². The molecule has 1 amide bonds. The number of piperidine rings is 1. The highest BCUT2D eigenvalue weighted by Crippen LogP contribution is 2.38. The van der Waals surface area contributed by atoms with Gasteiger partial charge in [-0.2, -0.15) is 5.10 Å². The molecule has 146 valence electrons. The molecule has 0 spiro atoms. The SMILES string of the molecule is CCc1ccc2c(C3CCN(C(=O)C4CCC(F)(F)CC4)CC3)[nH]nc2c1. The maximum atomic E-state index is 13.3. The third-order valence-corrected chi connectivity index (χ3v) is 6.34. The van der Waals surface area contributed by atoms with Crippen molar-refractivity contribution in [2.45, 2.75) is 63.7 Å². The Bertz CT molecular complexity index is 814. The van der Waals surface area contributed by atoms with E-state index in [0.717, 1.165) is 30.5 Å². The van der Waals surface area contributed by atoms with Crippen LogP contribution in [0.4, 0.5) is 8.78 Å². The number of alkyl halides is 2. The number of benzene rings is 1. The molecule has 2 aliphatic rings. The number of amides is 1. The van der Waals surface area contributed by atoms with E-state index in [9.17, 15) is 13.6 Å². The van der Waals surface area contributed by atoms with Gasteiger partial charge in [-0.25, -0.2) is 8.78 Å². The first-order valence-electron chi connectivity index (χ1n) is 10.1. The summed E-state index contributed by atoms with van der Waals surface area (Å²) in [5.41, 5.74) is 3.45. The molecular weight excluding hydrogens is 348 g/mol. The molecule has 1 saturated heterocycles. The molecule has 2 fully saturated rings. The quantitative estimate of drug-likeness (QED) is 0.848. The number of nitrogens with zero attached hydrogens (tertiary/aromatic N) is 2. The van der Waals surface area contributed by atoms with Crippen LogP contribution in [0.25, 0.3) is 10.9 Å². The minimum absolute atomic E-state index is 0.0750. The predicted octanol–water partition coefficient (Wildman–Crippen LogP) is 4.66. The van der Waals surface area contributed by atoms with Gasteiger partial charge in [-0.1, -0.05) is 19.1 Å². The van der Waals surface area contributed by atoms with Crippen molar-refractivity contribution in [3.05, 3.63) is 29.5 Å². The third-order valence-electron chi connectivity index (χ3n) is 6.34. The number of aromatic amines is 1. The smallest absolute Gasteiger partial charge is 0.248 e. The lowest BCUT2D eigenvalue weighted by molar-refractivity contribution is -0.140. The summed E-state index contributed by atoms with van der Waals surface area (Å²) < 4.78 is 26.7. The molecular formula is C21H27F2N3O. The predicted molar refractivity (Wildman–Crippen MR) is 101 cm³/mol. The van der Waals surface area contributed by atoms with Crippen LogP contribution in [0.3, 0.4) is 0 Å². The fourth-order valence-electron chi connectivity index (χ4n) is 4.54. The molecule has 1 aromatic heterocycles. The Labute approximate surface area is 158 Å². The zero-order valence-corrected chi connectivity index (χ0v) is 15.8. The molecule has 0 unspecified atom stereocenters. The molecule has 6 heteroatoms. The summed E-state index contributed by atoms with van der Waals surface area (Å²) in [6, 6.07) is 6.43. The Hall–Kier alpha value is -1.98. The molecule has 4 rings (SSSR count). The van der Waals surface area contributed by atoms with Crippen molar-refractivity contribution >= 4 is 16.8 Å². The van der Waals surface area contributed by atoms with Crippen LogP contribution in [0.15, 0.2) is 18.2 Å². The average Bonchev–Trinajstić information content (AvgIpc) is 3.10. The van der Waals surface area contributed by atoms with Crippen LogP contribution in [-0.2, 0) is 11.2 Å². The van der Waals surface area contributed by atoms with Crippen LogP contribution in [0.1, 0.15) is 62.6 Å². The van der Waals surface area contributed by atoms with Crippen LogP contribution < -0.4 is 0 Å². The van der Waals surface area contributed by atoms with Gasteiger partial charge in [0.2, 0.25) is 11.8 Å². The number of hydrogen-bond donors (Lipinski definition) is 1. The molecule has 1 saturated carbocycles. The van der Waals surface area contributed by atoms with E-state index in [2.05, 4.69) is 35.3 Å². The monoisotopic (exact) mass is 375 g/mol. The van der Waals surface area contributed by atoms with Crippen molar-refractivity contribution in [2.24, 2.45) is 5.92 Å². The summed E-state index contributed by atoms with van der Waals surface area (Å²) in [5.74, 6) is -2.36. The van der Waals surface area contributed by atoms with Crippen LogP contribution in [0.2, 0.25) is 0 Å². The summed E-state index contributed by atoms with van der Waals surface area (Å²) in [6.07, 6.45) is 3.10. The van der Waals surface area contributed by atoms with Crippen LogP contribution in [-0.4, -0.2) is 40.0 Å². The number of halogens is 2. The Kier molecular flexibility index (Phi) is 4.91. The Morgan fingerprint density at radius 3 is 2.59 bits per heavy atom. The fraction of sp³-hybridized carbons (Fsp3) is 0.619. The van der Waals surface area contributed by atoms with E-state index >= 15 is 0 Å². The standard InChI is InChI=1S/C21H27F2N3O/c1-2-14-3-4-17-18(13-14)24-25-19(17)15-7-11-26(12-8-15)20(27)16-5-9-21(22,23)10-6-16/h3-4,13,15-16H,2,5-12H2,1H3,(H,24,25). The lowest BCUT2D eigenvalue weighted by Gasteiger charge is -2.36. The molecule has 0 bridgehead atoms. The van der Waals surface area contributed by atoms with Gasteiger partial charge in [0, 0.05) is 48.8 Å². The second-order valence-corrected chi connectivity index (χ2v) is 8.07. The Morgan fingerprint density at radius 1 is 1.22 bits per heavy atom. The van der Waals surface area contributed by atoms with Gasteiger partial charge in [-0.15, -0.1) is 0 Å². The number of aromatic nitrogens is 2. The van der Waals surface area contributed by atoms with Gasteiger partial charge in [0.1, 0.15) is 0 Å². The molecule has 1 aliphatic heterocycles. The third kappa shape index (κ3) is 3.71. The number of rotatable bonds is 3. The zero-order chi connectivity index (χ0) is 19.0. The number of aryl methyl sites for hydroxylation is 1. The number of hydrogen-bond acceptors (Lipinski definition) is 2. The second kappa shape index (κ2) is 7.21. The van der Waals surface area contributed by atoms with Gasteiger partial charge in [0.25, 0.3) is 0 Å². The van der Waals surface area contributed by atoms with Gasteiger partial charge in [0.05, 0.1) is 5.52 Å². The lowest BCUT2D eigenvalue weighted by atomic mass is 9.84. The van der Waals surface area contributed by atoms with Crippen molar-refractivity contribution in [3.8, 4) is 0 Å². The number of likely N-dealkylation sites (tertiary alicyclic amines) is 1. The van der Waals surface area contributed by atoms with Crippen LogP contribution >= 0.6 is 0 Å². The highest BCUT2D eigenvalue weighted by Gasteiger charge is 2.39. The Balaban J connectivity index is 1.38. The van der Waals surface area contributed by atoms with E-state index < -0.39 is 5.92 Å². The largest absolute Gasteiger partial charge is 0.342 e. The zero-order valence-electron chi connectivity index (χ0n) is 15.8. The number of carbonyl (C=O) groups is 1. The van der Waals surface area contributed by atoms with Gasteiger partial charge in [-0.3, -0.25) is 9.89 Å². The van der Waals surface area contributed by atoms with E-state index in [1.54, 1.807) is 0 Å². The summed E-state index contributed by atoms with van der Waals surface area (Å²) in [4.78, 5) is 14.6. The topological polar surface area (TPSA) is 49.0 Å². The Morgan fingerprint density at radius 2 is 1.93 bits per heavy atom. The van der Waals surface area contributed by atoms with E-state index in [0.29, 0.717) is 31.8 Å². The number of fused-ring (bicyclic) bond motifs is 1. The average molecular weight is 375 g/mol. The second-order valence-electron chi connectivity index (χ2n) is 8.07. The molecule has 2 aromatic rings. The molecule has 1 N–H and O–H groups in total. The first-order chi connectivity index (χ1) is 13.0. The van der Waals surface area contributed by atoms with E-state index in [1.165, 1.54) is 10.9 Å². The van der Waals surface area contributed by atoms with Gasteiger partial charge in [0.15, 0.2) is 0 Å². The summed E-state index contributed by atoms with van der Waals surface area (Å²) in [7, 11) is 0. The highest BCUT2D eigenvalue weighted by atomic mass is 19.3. The maximum Gasteiger partial charge on any atom is 0.248 e. The number of H-pyrrole nitrogens is 1. The first kappa shape index (κ1) is 18.4. The molecule has 1 aliphatic carbocycles. The summed E-state index contributed by atoms with van der Waals surface area (Å²) in [5, 5.41) is 8.85. The molecule has 2 heterocycles. The molecule has 27 heavy (non-hydrogen) atoms. The van der Waals surface area contributed by atoms with Crippen LogP contribution in [0.5, 0.6) is 0 Å². The van der Waals surface area contributed by atoms with Gasteiger partial charge >= 0.3 is 0 Å². The first-order valence-corrected chi connectivity index (χ1v) is 10.1. The van der Waals surface area contributed by atoms with Crippen molar-refractivity contribution in [3.63, 3.8) is 0 Å². The number of nitrogens with one attached hydrogen (secondary N) is 1. The minimum atomic E-state index is -2.58. The molecule has 4 nitrogen and oxygen atoms in total.